The van der Waals surface area contributed by atoms with Gasteiger partial charge in [0, 0.05) is 5.02 Å². The van der Waals surface area contributed by atoms with Crippen molar-refractivity contribution in [3.05, 3.63) is 59.1 Å². The molecule has 0 unspecified atom stereocenters. The first-order valence-electron chi connectivity index (χ1n) is 7.08. The molecule has 2 aromatic carbocycles. The summed E-state index contributed by atoms with van der Waals surface area (Å²) in [6.07, 6.45) is 0. The maximum Gasteiger partial charge on any atom is 0.234 e. The monoisotopic (exact) mass is 380 g/mol. The Kier molecular flexibility index (Phi) is 5.30. The third-order valence-corrected chi connectivity index (χ3v) is 4.21. The topological polar surface area (TPSA) is 70.7 Å². The SMILES string of the molecule is O=C(CSc1n[nH]c(-c2ccccc2F)n1)Nc1cc(Cl)ccc1F. The van der Waals surface area contributed by atoms with Crippen LogP contribution in [-0.2, 0) is 4.79 Å². The summed E-state index contributed by atoms with van der Waals surface area (Å²) in [7, 11) is 0. The second-order valence-electron chi connectivity index (χ2n) is 4.91. The number of amides is 1. The molecule has 0 bridgehead atoms. The second kappa shape index (κ2) is 7.62. The van der Waals surface area contributed by atoms with Gasteiger partial charge in [0.05, 0.1) is 17.0 Å². The normalized spacial score (nSPS) is 10.7. The lowest BCUT2D eigenvalue weighted by Gasteiger charge is -2.05. The van der Waals surface area contributed by atoms with Crippen molar-refractivity contribution in [2.45, 2.75) is 5.16 Å². The number of anilines is 1. The quantitative estimate of drug-likeness (QED) is 0.653. The zero-order valence-corrected chi connectivity index (χ0v) is 14.2. The molecule has 3 aromatic rings. The third kappa shape index (κ3) is 4.34. The van der Waals surface area contributed by atoms with Gasteiger partial charge in [-0.05, 0) is 30.3 Å². The molecular formula is C16H11ClF2N4OS. The average molecular weight is 381 g/mol. The smallest absolute Gasteiger partial charge is 0.234 e. The molecule has 5 nitrogen and oxygen atoms in total. The molecule has 128 valence electrons. The summed E-state index contributed by atoms with van der Waals surface area (Å²) in [5.41, 5.74) is 0.285. The molecule has 0 spiro atoms. The summed E-state index contributed by atoms with van der Waals surface area (Å²) in [5.74, 6) is -1.22. The maximum atomic E-state index is 13.7. The van der Waals surface area contributed by atoms with Crippen LogP contribution in [0.25, 0.3) is 11.4 Å². The lowest BCUT2D eigenvalue weighted by Crippen LogP contribution is -2.15. The summed E-state index contributed by atoms with van der Waals surface area (Å²) < 4.78 is 27.3. The minimum atomic E-state index is -0.581. The number of nitrogens with one attached hydrogen (secondary N) is 2. The van der Waals surface area contributed by atoms with E-state index in [0.29, 0.717) is 5.02 Å². The van der Waals surface area contributed by atoms with Crippen molar-refractivity contribution < 1.29 is 13.6 Å². The Hall–Kier alpha value is -2.45. The number of hydrogen-bond donors (Lipinski definition) is 2. The van der Waals surface area contributed by atoms with Crippen LogP contribution in [0.3, 0.4) is 0 Å². The molecule has 3 rings (SSSR count). The van der Waals surface area contributed by atoms with E-state index in [1.165, 1.54) is 24.3 Å². The Labute approximate surface area is 150 Å². The molecule has 0 atom stereocenters. The molecule has 1 amide bonds. The van der Waals surface area contributed by atoms with Crippen LogP contribution in [0.2, 0.25) is 5.02 Å². The second-order valence-corrected chi connectivity index (χ2v) is 6.29. The van der Waals surface area contributed by atoms with Crippen molar-refractivity contribution in [2.24, 2.45) is 0 Å². The highest BCUT2D eigenvalue weighted by Crippen LogP contribution is 2.23. The molecule has 2 N–H and O–H groups in total. The Morgan fingerprint density at radius 3 is 2.80 bits per heavy atom. The number of hydrogen-bond acceptors (Lipinski definition) is 4. The van der Waals surface area contributed by atoms with E-state index in [0.717, 1.165) is 11.8 Å². The van der Waals surface area contributed by atoms with E-state index in [9.17, 15) is 13.6 Å². The molecule has 1 heterocycles. The van der Waals surface area contributed by atoms with Crippen LogP contribution in [0.5, 0.6) is 0 Å². The van der Waals surface area contributed by atoms with Gasteiger partial charge in [0.15, 0.2) is 5.82 Å². The molecule has 0 aliphatic rings. The van der Waals surface area contributed by atoms with E-state index < -0.39 is 17.5 Å². The molecule has 0 radical (unpaired) electrons. The lowest BCUT2D eigenvalue weighted by molar-refractivity contribution is -0.113. The summed E-state index contributed by atoms with van der Waals surface area (Å²) in [6, 6.07) is 10.0. The van der Waals surface area contributed by atoms with Crippen LogP contribution in [0, 0.1) is 11.6 Å². The third-order valence-electron chi connectivity index (χ3n) is 3.13. The van der Waals surface area contributed by atoms with Crippen molar-refractivity contribution in [1.82, 2.24) is 15.2 Å². The lowest BCUT2D eigenvalue weighted by atomic mass is 10.2. The summed E-state index contributed by atoms with van der Waals surface area (Å²) in [5, 5.41) is 9.57. The molecule has 0 fully saturated rings. The number of H-pyrrole nitrogens is 1. The zero-order chi connectivity index (χ0) is 17.8. The predicted octanol–water partition coefficient (Wildman–Crippen LogP) is 4.13. The first-order valence-corrected chi connectivity index (χ1v) is 8.44. The first kappa shape index (κ1) is 17.4. The van der Waals surface area contributed by atoms with Crippen molar-refractivity contribution in [2.75, 3.05) is 11.1 Å². The van der Waals surface area contributed by atoms with E-state index in [2.05, 4.69) is 20.5 Å². The minimum Gasteiger partial charge on any atom is -0.323 e. The van der Waals surface area contributed by atoms with Gasteiger partial charge in [-0.3, -0.25) is 9.89 Å². The van der Waals surface area contributed by atoms with Crippen LogP contribution >= 0.6 is 23.4 Å². The molecule has 0 aliphatic carbocycles. The Morgan fingerprint density at radius 1 is 1.20 bits per heavy atom. The van der Waals surface area contributed by atoms with Crippen molar-refractivity contribution in [3.8, 4) is 11.4 Å². The molecular weight excluding hydrogens is 370 g/mol. The highest BCUT2D eigenvalue weighted by molar-refractivity contribution is 7.99. The number of rotatable bonds is 5. The summed E-state index contributed by atoms with van der Waals surface area (Å²) >= 11 is 6.80. The predicted molar refractivity (Wildman–Crippen MR) is 92.5 cm³/mol. The van der Waals surface area contributed by atoms with Gasteiger partial charge in [0.1, 0.15) is 11.6 Å². The van der Waals surface area contributed by atoms with E-state index in [-0.39, 0.29) is 28.0 Å². The van der Waals surface area contributed by atoms with Gasteiger partial charge in [-0.1, -0.05) is 35.5 Å². The average Bonchev–Trinajstić information content (AvgIpc) is 3.05. The highest BCUT2D eigenvalue weighted by atomic mass is 35.5. The summed E-state index contributed by atoms with van der Waals surface area (Å²) in [4.78, 5) is 16.0. The van der Waals surface area contributed by atoms with Gasteiger partial charge in [0.25, 0.3) is 0 Å². The standard InChI is InChI=1S/C16H11ClF2N4OS/c17-9-5-6-12(19)13(7-9)20-14(24)8-25-16-21-15(22-23-16)10-3-1-2-4-11(10)18/h1-7H,8H2,(H,20,24)(H,21,22,23). The molecule has 0 saturated heterocycles. The number of benzene rings is 2. The van der Waals surface area contributed by atoms with Crippen molar-refractivity contribution >= 4 is 35.0 Å². The fourth-order valence-electron chi connectivity index (χ4n) is 1.99. The van der Waals surface area contributed by atoms with Gasteiger partial charge in [-0.2, -0.15) is 0 Å². The minimum absolute atomic E-state index is 0.000123. The Morgan fingerprint density at radius 2 is 2.00 bits per heavy atom. The van der Waals surface area contributed by atoms with Gasteiger partial charge >= 0.3 is 0 Å². The van der Waals surface area contributed by atoms with Gasteiger partial charge in [-0.25, -0.2) is 13.8 Å². The Balaban J connectivity index is 1.61. The first-order chi connectivity index (χ1) is 12.0. The number of aromatic amines is 1. The van der Waals surface area contributed by atoms with Gasteiger partial charge < -0.3 is 5.32 Å². The molecule has 0 aliphatic heterocycles. The van der Waals surface area contributed by atoms with Crippen LogP contribution in [0.1, 0.15) is 0 Å². The van der Waals surface area contributed by atoms with E-state index >= 15 is 0 Å². The largest absolute Gasteiger partial charge is 0.323 e. The number of thioether (sulfide) groups is 1. The summed E-state index contributed by atoms with van der Waals surface area (Å²) in [6.45, 7) is 0. The van der Waals surface area contributed by atoms with Crippen molar-refractivity contribution in [3.63, 3.8) is 0 Å². The molecule has 1 aromatic heterocycles. The van der Waals surface area contributed by atoms with E-state index in [1.54, 1.807) is 18.2 Å². The zero-order valence-electron chi connectivity index (χ0n) is 12.6. The number of carbonyl (C=O) groups is 1. The molecule has 9 heteroatoms. The highest BCUT2D eigenvalue weighted by Gasteiger charge is 2.13. The van der Waals surface area contributed by atoms with Gasteiger partial charge in [-0.15, -0.1) is 5.10 Å². The van der Waals surface area contributed by atoms with Crippen LogP contribution in [-0.4, -0.2) is 26.8 Å². The fourth-order valence-corrected chi connectivity index (χ4v) is 2.76. The number of nitrogens with zero attached hydrogens (tertiary/aromatic N) is 2. The van der Waals surface area contributed by atoms with E-state index in [1.807, 2.05) is 0 Å². The number of aromatic nitrogens is 3. The number of carbonyl (C=O) groups excluding carboxylic acids is 1. The Bertz CT molecular complexity index is 919. The van der Waals surface area contributed by atoms with Crippen LogP contribution in [0.4, 0.5) is 14.5 Å². The van der Waals surface area contributed by atoms with Gasteiger partial charge in [0.2, 0.25) is 11.1 Å². The molecule has 25 heavy (non-hydrogen) atoms. The van der Waals surface area contributed by atoms with Crippen LogP contribution < -0.4 is 5.32 Å². The number of halogens is 3. The van der Waals surface area contributed by atoms with Crippen LogP contribution in [0.15, 0.2) is 47.6 Å². The van der Waals surface area contributed by atoms with Crippen molar-refractivity contribution in [1.29, 1.82) is 0 Å². The maximum absolute atomic E-state index is 13.7. The van der Waals surface area contributed by atoms with E-state index in [4.69, 9.17) is 11.6 Å². The molecule has 0 saturated carbocycles. The fraction of sp³-hybridized carbons (Fsp3) is 0.0625.